The maximum Gasteiger partial charge on any atom is 0.320 e. The van der Waals surface area contributed by atoms with Gasteiger partial charge in [0.1, 0.15) is 10.4 Å². The molecular formula is C9H17BrO2S. The third kappa shape index (κ3) is 7.38. The number of hydrogen-bond acceptors (Lipinski definition) is 3. The zero-order valence-corrected chi connectivity index (χ0v) is 11.0. The molecule has 4 heteroatoms. The number of carbonyl (C=O) groups excluding carboxylic acids is 1. The Morgan fingerprint density at radius 3 is 2.46 bits per heavy atom. The highest BCUT2D eigenvalue weighted by molar-refractivity contribution is 9.10. The van der Waals surface area contributed by atoms with Gasteiger partial charge >= 0.3 is 5.97 Å². The zero-order chi connectivity index (χ0) is 10.5. The molecule has 0 heterocycles. The van der Waals surface area contributed by atoms with Crippen LogP contribution in [-0.2, 0) is 9.53 Å². The van der Waals surface area contributed by atoms with Gasteiger partial charge in [0.05, 0.1) is 0 Å². The Balaban J connectivity index is 3.83. The van der Waals surface area contributed by atoms with Crippen molar-refractivity contribution in [2.75, 3.05) is 12.0 Å². The zero-order valence-electron chi connectivity index (χ0n) is 8.59. The van der Waals surface area contributed by atoms with E-state index in [9.17, 15) is 4.79 Å². The molecule has 0 amide bonds. The number of rotatable bonds is 4. The van der Waals surface area contributed by atoms with Gasteiger partial charge in [-0.25, -0.2) is 0 Å². The van der Waals surface area contributed by atoms with Gasteiger partial charge in [0.15, 0.2) is 0 Å². The van der Waals surface area contributed by atoms with Crippen LogP contribution < -0.4 is 0 Å². The van der Waals surface area contributed by atoms with Gasteiger partial charge < -0.3 is 4.74 Å². The fourth-order valence-electron chi connectivity index (χ4n) is 0.705. The van der Waals surface area contributed by atoms with Crippen LogP contribution in [0.15, 0.2) is 0 Å². The summed E-state index contributed by atoms with van der Waals surface area (Å²) in [6.07, 6.45) is 2.84. The van der Waals surface area contributed by atoms with E-state index in [1.54, 1.807) is 11.8 Å². The lowest BCUT2D eigenvalue weighted by Gasteiger charge is -2.21. The molecule has 0 rings (SSSR count). The SMILES string of the molecule is CSCCC(Br)C(=O)OC(C)(C)C. The molecular weight excluding hydrogens is 252 g/mol. The average Bonchev–Trinajstić information content (AvgIpc) is 1.96. The van der Waals surface area contributed by atoms with E-state index in [-0.39, 0.29) is 16.4 Å². The van der Waals surface area contributed by atoms with Crippen LogP contribution in [0.4, 0.5) is 0 Å². The first-order valence-corrected chi connectivity index (χ1v) is 6.53. The first-order valence-electron chi connectivity index (χ1n) is 4.22. The Morgan fingerprint density at radius 1 is 1.54 bits per heavy atom. The lowest BCUT2D eigenvalue weighted by Crippen LogP contribution is -2.29. The number of alkyl halides is 1. The minimum atomic E-state index is -0.386. The van der Waals surface area contributed by atoms with Gasteiger partial charge in [-0.15, -0.1) is 0 Å². The van der Waals surface area contributed by atoms with Crippen LogP contribution >= 0.6 is 27.7 Å². The number of ether oxygens (including phenoxy) is 1. The van der Waals surface area contributed by atoms with Crippen molar-refractivity contribution in [2.24, 2.45) is 0 Å². The summed E-state index contributed by atoms with van der Waals surface area (Å²) in [7, 11) is 0. The fraction of sp³-hybridized carbons (Fsp3) is 0.889. The van der Waals surface area contributed by atoms with Gasteiger partial charge in [0.2, 0.25) is 0 Å². The topological polar surface area (TPSA) is 26.3 Å². The van der Waals surface area contributed by atoms with E-state index in [4.69, 9.17) is 4.74 Å². The van der Waals surface area contributed by atoms with Crippen molar-refractivity contribution in [3.8, 4) is 0 Å². The summed E-state index contributed by atoms with van der Waals surface area (Å²) in [4.78, 5) is 11.2. The molecule has 1 atom stereocenters. The predicted octanol–water partition coefficient (Wildman–Crippen LogP) is 2.84. The number of thioether (sulfide) groups is 1. The first kappa shape index (κ1) is 13.3. The Kier molecular flexibility index (Phi) is 6.05. The van der Waals surface area contributed by atoms with Crippen LogP contribution in [0.5, 0.6) is 0 Å². The summed E-state index contributed by atoms with van der Waals surface area (Å²) in [5.41, 5.74) is -0.386. The van der Waals surface area contributed by atoms with E-state index in [0.717, 1.165) is 12.2 Å². The second-order valence-corrected chi connectivity index (χ2v) is 5.87. The van der Waals surface area contributed by atoms with E-state index in [0.29, 0.717) is 0 Å². The molecule has 0 N–H and O–H groups in total. The van der Waals surface area contributed by atoms with Gasteiger partial charge in [0, 0.05) is 0 Å². The van der Waals surface area contributed by atoms with Crippen molar-refractivity contribution in [3.63, 3.8) is 0 Å². The molecule has 0 aliphatic heterocycles. The third-order valence-electron chi connectivity index (χ3n) is 1.24. The monoisotopic (exact) mass is 268 g/mol. The van der Waals surface area contributed by atoms with Crippen molar-refractivity contribution in [1.82, 2.24) is 0 Å². The van der Waals surface area contributed by atoms with Crippen molar-refractivity contribution >= 4 is 33.7 Å². The lowest BCUT2D eigenvalue weighted by atomic mass is 10.2. The second-order valence-electron chi connectivity index (χ2n) is 3.78. The fourth-order valence-corrected chi connectivity index (χ4v) is 1.80. The molecule has 1 unspecified atom stereocenters. The second kappa shape index (κ2) is 5.91. The van der Waals surface area contributed by atoms with E-state index in [2.05, 4.69) is 15.9 Å². The number of carbonyl (C=O) groups is 1. The molecule has 0 saturated carbocycles. The number of halogens is 1. The van der Waals surface area contributed by atoms with E-state index < -0.39 is 0 Å². The molecule has 0 radical (unpaired) electrons. The van der Waals surface area contributed by atoms with Crippen molar-refractivity contribution in [2.45, 2.75) is 37.6 Å². The summed E-state index contributed by atoms with van der Waals surface area (Å²) in [6.45, 7) is 5.62. The Hall–Kier alpha value is 0.300. The summed E-state index contributed by atoms with van der Waals surface area (Å²) >= 11 is 5.04. The molecule has 0 saturated heterocycles. The Morgan fingerprint density at radius 2 is 2.08 bits per heavy atom. The number of hydrogen-bond donors (Lipinski definition) is 0. The van der Waals surface area contributed by atoms with Crippen molar-refractivity contribution in [3.05, 3.63) is 0 Å². The highest BCUT2D eigenvalue weighted by Crippen LogP contribution is 2.15. The molecule has 0 bridgehead atoms. The molecule has 2 nitrogen and oxygen atoms in total. The molecule has 0 aliphatic rings. The van der Waals surface area contributed by atoms with Crippen molar-refractivity contribution < 1.29 is 9.53 Å². The molecule has 0 fully saturated rings. The molecule has 78 valence electrons. The highest BCUT2D eigenvalue weighted by Gasteiger charge is 2.22. The quantitative estimate of drug-likeness (QED) is 0.580. The summed E-state index contributed by atoms with van der Waals surface area (Å²) in [5, 5.41) is 0. The van der Waals surface area contributed by atoms with E-state index in [1.807, 2.05) is 27.0 Å². The van der Waals surface area contributed by atoms with E-state index >= 15 is 0 Å². The predicted molar refractivity (Wildman–Crippen MR) is 61.6 cm³/mol. The van der Waals surface area contributed by atoms with Crippen molar-refractivity contribution in [1.29, 1.82) is 0 Å². The van der Waals surface area contributed by atoms with Crippen LogP contribution in [-0.4, -0.2) is 28.4 Å². The van der Waals surface area contributed by atoms with Gasteiger partial charge in [-0.2, -0.15) is 11.8 Å². The molecule has 0 aromatic carbocycles. The molecule has 0 aliphatic carbocycles. The van der Waals surface area contributed by atoms with Gasteiger partial charge in [-0.3, -0.25) is 4.79 Å². The van der Waals surface area contributed by atoms with Gasteiger partial charge in [-0.1, -0.05) is 15.9 Å². The molecule has 0 spiro atoms. The smallest absolute Gasteiger partial charge is 0.320 e. The maximum absolute atomic E-state index is 11.4. The Labute approximate surface area is 92.9 Å². The van der Waals surface area contributed by atoms with Crippen LogP contribution in [0.25, 0.3) is 0 Å². The Bertz CT molecular complexity index is 165. The summed E-state index contributed by atoms with van der Waals surface area (Å²) < 4.78 is 5.20. The normalized spacial score (nSPS) is 13.9. The van der Waals surface area contributed by atoms with Crippen LogP contribution in [0.3, 0.4) is 0 Å². The first-order chi connectivity index (χ1) is 5.87. The average molecular weight is 269 g/mol. The minimum absolute atomic E-state index is 0.165. The lowest BCUT2D eigenvalue weighted by molar-refractivity contribution is -0.153. The van der Waals surface area contributed by atoms with Crippen LogP contribution in [0.2, 0.25) is 0 Å². The number of esters is 1. The minimum Gasteiger partial charge on any atom is -0.459 e. The maximum atomic E-state index is 11.4. The molecule has 0 aromatic heterocycles. The highest BCUT2D eigenvalue weighted by atomic mass is 79.9. The largest absolute Gasteiger partial charge is 0.459 e. The van der Waals surface area contributed by atoms with Crippen LogP contribution in [0.1, 0.15) is 27.2 Å². The van der Waals surface area contributed by atoms with E-state index in [1.165, 1.54) is 0 Å². The van der Waals surface area contributed by atoms with Gasteiger partial charge in [-0.05, 0) is 39.2 Å². The third-order valence-corrected chi connectivity index (χ3v) is 2.71. The molecule has 13 heavy (non-hydrogen) atoms. The summed E-state index contributed by atoms with van der Waals surface area (Å²) in [6, 6.07) is 0. The van der Waals surface area contributed by atoms with Crippen LogP contribution in [0, 0.1) is 0 Å². The standard InChI is InChI=1S/C9H17BrO2S/c1-9(2,3)12-8(11)7(10)5-6-13-4/h7H,5-6H2,1-4H3. The van der Waals surface area contributed by atoms with Gasteiger partial charge in [0.25, 0.3) is 0 Å². The summed E-state index contributed by atoms with van der Waals surface area (Å²) in [5.74, 6) is 0.802. The molecule has 0 aromatic rings.